The highest BCUT2D eigenvalue weighted by atomic mass is 16.3. The van der Waals surface area contributed by atoms with Crippen LogP contribution >= 0.6 is 0 Å². The summed E-state index contributed by atoms with van der Waals surface area (Å²) in [5, 5.41) is 1.11. The maximum Gasteiger partial charge on any atom is 0.226 e. The molecule has 1 atom stereocenters. The lowest BCUT2D eigenvalue weighted by Gasteiger charge is -2.19. The summed E-state index contributed by atoms with van der Waals surface area (Å²) in [6, 6.07) is 19.2. The van der Waals surface area contributed by atoms with Gasteiger partial charge in [0.25, 0.3) is 0 Å². The van der Waals surface area contributed by atoms with Crippen molar-refractivity contribution >= 4 is 45.0 Å². The lowest BCUT2D eigenvalue weighted by molar-refractivity contribution is 0.563. The van der Waals surface area contributed by atoms with Gasteiger partial charge in [-0.2, -0.15) is 0 Å². The van der Waals surface area contributed by atoms with Crippen LogP contribution in [-0.4, -0.2) is 18.9 Å². The van der Waals surface area contributed by atoms with Crippen molar-refractivity contribution in [3.8, 4) is 0 Å². The van der Waals surface area contributed by atoms with E-state index in [4.69, 9.17) is 9.40 Å². The first-order valence-corrected chi connectivity index (χ1v) is 10.2. The second-order valence-corrected chi connectivity index (χ2v) is 8.04. The molecule has 0 saturated carbocycles. The van der Waals surface area contributed by atoms with Gasteiger partial charge >= 0.3 is 0 Å². The Morgan fingerprint density at radius 3 is 2.70 bits per heavy atom. The largest absolute Gasteiger partial charge is 0.438 e. The summed E-state index contributed by atoms with van der Waals surface area (Å²) in [4.78, 5) is 9.48. The molecule has 0 amide bonds. The Kier molecular flexibility index (Phi) is 2.99. The number of benzene rings is 2. The first-order valence-electron chi connectivity index (χ1n) is 10.2. The molecule has 30 heavy (non-hydrogen) atoms. The SMILES string of the molecule is Cc1cnc2oc3c(c2c1)CC(n1c2ccccc2n2c4ccccc4nc12)C=C3. The molecule has 1 aliphatic carbocycles. The number of aromatic nitrogens is 4. The van der Waals surface area contributed by atoms with E-state index in [1.54, 1.807) is 0 Å². The van der Waals surface area contributed by atoms with Crippen LogP contribution in [0.1, 0.15) is 22.9 Å². The number of furan rings is 1. The zero-order chi connectivity index (χ0) is 19.8. The van der Waals surface area contributed by atoms with Gasteiger partial charge in [0.15, 0.2) is 0 Å². The van der Waals surface area contributed by atoms with E-state index in [-0.39, 0.29) is 6.04 Å². The number of allylic oxidation sites excluding steroid dienone is 1. The molecule has 0 N–H and O–H groups in total. The highest BCUT2D eigenvalue weighted by molar-refractivity contribution is 5.91. The maximum atomic E-state index is 6.01. The molecule has 0 spiro atoms. The van der Waals surface area contributed by atoms with E-state index < -0.39 is 0 Å². The Morgan fingerprint density at radius 2 is 1.80 bits per heavy atom. The van der Waals surface area contributed by atoms with Gasteiger partial charge in [-0.15, -0.1) is 0 Å². The lowest BCUT2D eigenvalue weighted by atomic mass is 9.97. The van der Waals surface area contributed by atoms with Gasteiger partial charge in [-0.1, -0.05) is 30.3 Å². The van der Waals surface area contributed by atoms with Crippen molar-refractivity contribution < 1.29 is 4.42 Å². The first-order chi connectivity index (χ1) is 14.8. The molecule has 1 unspecified atom stereocenters. The lowest BCUT2D eigenvalue weighted by Crippen LogP contribution is -2.12. The average Bonchev–Trinajstić information content (AvgIpc) is 3.41. The van der Waals surface area contributed by atoms with Gasteiger partial charge in [0.2, 0.25) is 11.5 Å². The molecule has 5 nitrogen and oxygen atoms in total. The van der Waals surface area contributed by atoms with E-state index in [1.165, 1.54) is 16.6 Å². The molecule has 144 valence electrons. The number of pyridine rings is 1. The zero-order valence-electron chi connectivity index (χ0n) is 16.4. The van der Waals surface area contributed by atoms with Gasteiger partial charge in [0.05, 0.1) is 28.1 Å². The minimum atomic E-state index is 0.151. The van der Waals surface area contributed by atoms with E-state index in [9.17, 15) is 0 Å². The van der Waals surface area contributed by atoms with E-state index in [2.05, 4.69) is 81.6 Å². The Labute approximate surface area is 171 Å². The summed E-state index contributed by atoms with van der Waals surface area (Å²) in [6.45, 7) is 2.07. The quantitative estimate of drug-likeness (QED) is 0.362. The van der Waals surface area contributed by atoms with Crippen molar-refractivity contribution in [1.29, 1.82) is 0 Å². The van der Waals surface area contributed by atoms with Gasteiger partial charge in [-0.25, -0.2) is 9.97 Å². The van der Waals surface area contributed by atoms with E-state index in [1.807, 2.05) is 12.3 Å². The molecule has 0 aliphatic heterocycles. The zero-order valence-corrected chi connectivity index (χ0v) is 16.4. The van der Waals surface area contributed by atoms with Crippen molar-refractivity contribution in [2.24, 2.45) is 0 Å². The molecule has 0 saturated heterocycles. The summed E-state index contributed by atoms with van der Waals surface area (Å²) in [6.07, 6.45) is 7.02. The Hall–Kier alpha value is -3.86. The number of imidazole rings is 2. The van der Waals surface area contributed by atoms with Crippen molar-refractivity contribution in [1.82, 2.24) is 18.9 Å². The molecule has 6 aromatic rings. The first kappa shape index (κ1) is 16.0. The highest BCUT2D eigenvalue weighted by Crippen LogP contribution is 2.37. The van der Waals surface area contributed by atoms with Gasteiger partial charge in [-0.3, -0.25) is 4.40 Å². The van der Waals surface area contributed by atoms with Crippen LogP contribution in [0.5, 0.6) is 0 Å². The molecule has 5 heteroatoms. The predicted octanol–water partition coefficient (Wildman–Crippen LogP) is 5.70. The summed E-state index contributed by atoms with van der Waals surface area (Å²) in [7, 11) is 0. The minimum Gasteiger partial charge on any atom is -0.438 e. The fourth-order valence-corrected chi connectivity index (χ4v) is 4.85. The molecule has 0 fully saturated rings. The number of hydrogen-bond acceptors (Lipinski definition) is 3. The van der Waals surface area contributed by atoms with Gasteiger partial charge in [0, 0.05) is 23.6 Å². The van der Waals surface area contributed by atoms with Crippen molar-refractivity contribution in [2.45, 2.75) is 19.4 Å². The number of hydrogen-bond donors (Lipinski definition) is 0. The third-order valence-corrected chi connectivity index (χ3v) is 6.17. The molecular weight excluding hydrogens is 372 g/mol. The van der Waals surface area contributed by atoms with Gasteiger partial charge < -0.3 is 8.98 Å². The second-order valence-electron chi connectivity index (χ2n) is 8.04. The third kappa shape index (κ3) is 2.01. The van der Waals surface area contributed by atoms with Crippen LogP contribution in [0.25, 0.3) is 45.0 Å². The highest BCUT2D eigenvalue weighted by Gasteiger charge is 2.26. The van der Waals surface area contributed by atoms with Crippen LogP contribution in [0, 0.1) is 6.92 Å². The monoisotopic (exact) mass is 390 g/mol. The maximum absolute atomic E-state index is 6.01. The molecule has 4 aromatic heterocycles. The fraction of sp³-hybridized carbons (Fsp3) is 0.120. The van der Waals surface area contributed by atoms with Gasteiger partial charge in [0.1, 0.15) is 5.76 Å². The molecular formula is C25H18N4O. The van der Waals surface area contributed by atoms with E-state index >= 15 is 0 Å². The van der Waals surface area contributed by atoms with E-state index in [0.29, 0.717) is 5.71 Å². The standard InChI is InChI=1S/C25H18N4O/c1-15-12-18-17-13-16(10-11-23(17)30-24(18)26-14-15)28-21-8-4-5-9-22(21)29-20-7-3-2-6-19(20)27-25(28)29/h2-12,14,16H,13H2,1H3. The molecule has 2 aromatic carbocycles. The number of nitrogens with zero attached hydrogens (tertiary/aromatic N) is 4. The predicted molar refractivity (Wildman–Crippen MR) is 119 cm³/mol. The smallest absolute Gasteiger partial charge is 0.226 e. The van der Waals surface area contributed by atoms with Crippen LogP contribution in [0.15, 0.2) is 71.3 Å². The number of fused-ring (bicyclic) bond motifs is 8. The Balaban J connectivity index is 1.50. The van der Waals surface area contributed by atoms with Crippen molar-refractivity contribution in [2.75, 3.05) is 0 Å². The topological polar surface area (TPSA) is 48.3 Å². The number of rotatable bonds is 1. The Morgan fingerprint density at radius 1 is 1.00 bits per heavy atom. The van der Waals surface area contributed by atoms with Crippen LogP contribution in [0.2, 0.25) is 0 Å². The van der Waals surface area contributed by atoms with Crippen molar-refractivity contribution in [3.63, 3.8) is 0 Å². The van der Waals surface area contributed by atoms with Crippen LogP contribution in [0.3, 0.4) is 0 Å². The molecule has 7 rings (SSSR count). The molecule has 0 radical (unpaired) electrons. The average molecular weight is 390 g/mol. The second kappa shape index (κ2) is 5.60. The third-order valence-electron chi connectivity index (χ3n) is 6.17. The van der Waals surface area contributed by atoms with Gasteiger partial charge in [-0.05, 0) is 48.9 Å². The summed E-state index contributed by atoms with van der Waals surface area (Å²) in [5.74, 6) is 1.89. The fourth-order valence-electron chi connectivity index (χ4n) is 4.85. The molecule has 0 bridgehead atoms. The summed E-state index contributed by atoms with van der Waals surface area (Å²) < 4.78 is 10.6. The molecule has 1 aliphatic rings. The minimum absolute atomic E-state index is 0.151. The summed E-state index contributed by atoms with van der Waals surface area (Å²) >= 11 is 0. The van der Waals surface area contributed by atoms with Crippen LogP contribution in [0.4, 0.5) is 0 Å². The van der Waals surface area contributed by atoms with Crippen LogP contribution < -0.4 is 0 Å². The molecule has 4 heterocycles. The Bertz CT molecular complexity index is 1650. The van der Waals surface area contributed by atoms with E-state index in [0.717, 1.165) is 39.9 Å². The summed E-state index contributed by atoms with van der Waals surface area (Å²) in [5.41, 5.74) is 7.59. The van der Waals surface area contributed by atoms with Crippen molar-refractivity contribution in [3.05, 3.63) is 83.8 Å². The van der Waals surface area contributed by atoms with Crippen LogP contribution in [-0.2, 0) is 6.42 Å². The number of aryl methyl sites for hydroxylation is 1. The number of para-hydroxylation sites is 4. The normalized spacial score (nSPS) is 16.2.